The van der Waals surface area contributed by atoms with Crippen molar-refractivity contribution in [2.75, 3.05) is 5.75 Å². The van der Waals surface area contributed by atoms with Crippen molar-refractivity contribution in [1.29, 1.82) is 0 Å². The smallest absolute Gasteiger partial charge is 0.306 e. The summed E-state index contributed by atoms with van der Waals surface area (Å²) in [5.41, 5.74) is 3.09. The first-order valence-electron chi connectivity index (χ1n) is 11.9. The number of carboxylic acids is 1. The van der Waals surface area contributed by atoms with Crippen LogP contribution in [0.1, 0.15) is 42.5 Å². The Bertz CT molecular complexity index is 1310. The van der Waals surface area contributed by atoms with E-state index >= 15 is 0 Å². The molecule has 2 aromatic heterocycles. The highest BCUT2D eigenvalue weighted by Gasteiger charge is 2.28. The minimum absolute atomic E-state index is 0.00247. The molecule has 0 amide bonds. The number of hydrogen-bond acceptors (Lipinski definition) is 6. The number of carbonyl (C=O) groups is 1. The number of aryl methyl sites for hydroxylation is 2. The van der Waals surface area contributed by atoms with Gasteiger partial charge in [-0.1, -0.05) is 41.9 Å². The van der Waals surface area contributed by atoms with Crippen LogP contribution >= 0.6 is 22.9 Å². The number of nitrogens with one attached hydrogen (secondary N) is 1. The summed E-state index contributed by atoms with van der Waals surface area (Å²) in [7, 11) is -3.48. The Morgan fingerprint density at radius 1 is 1.22 bits per heavy atom. The largest absolute Gasteiger partial charge is 0.489 e. The molecule has 2 atom stereocenters. The molecule has 2 heterocycles. The van der Waals surface area contributed by atoms with Crippen LogP contribution in [0.25, 0.3) is 10.6 Å². The van der Waals surface area contributed by atoms with Gasteiger partial charge in [0.05, 0.1) is 38.4 Å². The maximum absolute atomic E-state index is 12.6. The van der Waals surface area contributed by atoms with E-state index < -0.39 is 16.0 Å². The van der Waals surface area contributed by atoms with Gasteiger partial charge in [-0.15, -0.1) is 11.3 Å². The number of carboxylic acid groups (broad SMARTS) is 1. The standard InChI is InChI=1S/C26H29ClN2O5S2/c1-17-23(34-21-9-5-8-19(14-21)26(30)31)11-10-22(29-17)25-20(15-24(27)35-25)16-28-36(32,33)13-12-18-6-3-2-4-7-18/h2-4,6-7,10-11,15,19,21,28H,5,8-9,12-14,16H2,1H3,(H,30,31)/t19-,21-/m0/s1. The van der Waals surface area contributed by atoms with Crippen molar-refractivity contribution in [3.05, 3.63) is 69.7 Å². The first-order chi connectivity index (χ1) is 17.2. The summed E-state index contributed by atoms with van der Waals surface area (Å²) < 4.78 is 34.5. The summed E-state index contributed by atoms with van der Waals surface area (Å²) in [5, 5.41) is 9.32. The SMILES string of the molecule is Cc1nc(-c2sc(Cl)cc2CNS(=O)(=O)CCc2ccccc2)ccc1O[C@H]1CCC[C@H](C(=O)O)C1. The number of rotatable bonds is 10. The van der Waals surface area contributed by atoms with Gasteiger partial charge in [-0.3, -0.25) is 4.79 Å². The molecule has 1 aromatic carbocycles. The lowest BCUT2D eigenvalue weighted by Crippen LogP contribution is -2.29. The minimum atomic E-state index is -3.48. The molecule has 1 fully saturated rings. The van der Waals surface area contributed by atoms with Gasteiger partial charge in [-0.25, -0.2) is 18.1 Å². The number of aliphatic carboxylic acids is 1. The van der Waals surface area contributed by atoms with Crippen molar-refractivity contribution in [3.63, 3.8) is 0 Å². The number of ether oxygens (including phenoxy) is 1. The molecule has 2 N–H and O–H groups in total. The van der Waals surface area contributed by atoms with Gasteiger partial charge in [0.25, 0.3) is 0 Å². The number of sulfonamides is 1. The predicted octanol–water partition coefficient (Wildman–Crippen LogP) is 5.46. The fourth-order valence-corrected chi connectivity index (χ4v) is 6.62. The monoisotopic (exact) mass is 548 g/mol. The molecule has 0 aliphatic heterocycles. The second-order valence-corrected chi connectivity index (χ2v) is 12.6. The molecule has 1 aliphatic carbocycles. The molecule has 0 saturated heterocycles. The van der Waals surface area contributed by atoms with Gasteiger partial charge >= 0.3 is 5.97 Å². The van der Waals surface area contributed by atoms with Crippen LogP contribution in [-0.4, -0.2) is 36.3 Å². The van der Waals surface area contributed by atoms with Crippen LogP contribution in [0.5, 0.6) is 5.75 Å². The quantitative estimate of drug-likeness (QED) is 0.349. The van der Waals surface area contributed by atoms with E-state index in [1.165, 1.54) is 11.3 Å². The molecule has 4 rings (SSSR count). The zero-order chi connectivity index (χ0) is 25.7. The summed E-state index contributed by atoms with van der Waals surface area (Å²) >= 11 is 7.63. The Hall–Kier alpha value is -2.46. The molecule has 10 heteroatoms. The van der Waals surface area contributed by atoms with E-state index in [9.17, 15) is 18.3 Å². The normalized spacial score (nSPS) is 18.2. The van der Waals surface area contributed by atoms with Gasteiger partial charge in [0.2, 0.25) is 10.0 Å². The molecule has 36 heavy (non-hydrogen) atoms. The lowest BCUT2D eigenvalue weighted by atomic mass is 9.87. The Balaban J connectivity index is 1.42. The zero-order valence-electron chi connectivity index (χ0n) is 19.9. The first-order valence-corrected chi connectivity index (χ1v) is 14.7. The lowest BCUT2D eigenvalue weighted by molar-refractivity contribution is -0.143. The van der Waals surface area contributed by atoms with Gasteiger partial charge in [0.1, 0.15) is 5.75 Å². The summed E-state index contributed by atoms with van der Waals surface area (Å²) in [6, 6.07) is 14.9. The fourth-order valence-electron chi connectivity index (χ4n) is 4.36. The molecule has 0 radical (unpaired) electrons. The third-order valence-corrected chi connectivity index (χ3v) is 8.96. The van der Waals surface area contributed by atoms with Crippen molar-refractivity contribution in [3.8, 4) is 16.3 Å². The third kappa shape index (κ3) is 7.06. The van der Waals surface area contributed by atoms with Crippen LogP contribution in [0.4, 0.5) is 0 Å². The van der Waals surface area contributed by atoms with Crippen molar-refractivity contribution in [2.45, 2.75) is 51.7 Å². The molecule has 0 bridgehead atoms. The van der Waals surface area contributed by atoms with E-state index in [4.69, 9.17) is 21.3 Å². The van der Waals surface area contributed by atoms with Crippen LogP contribution in [0, 0.1) is 12.8 Å². The van der Waals surface area contributed by atoms with Gasteiger partial charge in [-0.05, 0) is 68.4 Å². The van der Waals surface area contributed by atoms with Crippen molar-refractivity contribution in [2.24, 2.45) is 5.92 Å². The van der Waals surface area contributed by atoms with E-state index in [0.717, 1.165) is 28.8 Å². The number of thiophene rings is 1. The molecule has 1 saturated carbocycles. The summed E-state index contributed by atoms with van der Waals surface area (Å²) in [5.74, 6) is -0.521. The maximum atomic E-state index is 12.6. The van der Waals surface area contributed by atoms with Crippen molar-refractivity contribution in [1.82, 2.24) is 9.71 Å². The molecule has 0 spiro atoms. The average Bonchev–Trinajstić information content (AvgIpc) is 3.24. The van der Waals surface area contributed by atoms with E-state index in [2.05, 4.69) is 4.72 Å². The minimum Gasteiger partial charge on any atom is -0.489 e. The zero-order valence-corrected chi connectivity index (χ0v) is 22.3. The Morgan fingerprint density at radius 2 is 2.00 bits per heavy atom. The number of hydrogen-bond donors (Lipinski definition) is 2. The summed E-state index contributed by atoms with van der Waals surface area (Å²) in [4.78, 5) is 16.8. The Labute approximate surface area is 220 Å². The molecular formula is C26H29ClN2O5S2. The average molecular weight is 549 g/mol. The van der Waals surface area contributed by atoms with Crippen molar-refractivity contribution < 1.29 is 23.1 Å². The van der Waals surface area contributed by atoms with E-state index in [-0.39, 0.29) is 24.3 Å². The van der Waals surface area contributed by atoms with Gasteiger partial charge in [0.15, 0.2) is 0 Å². The molecule has 1 aliphatic rings. The van der Waals surface area contributed by atoms with Gasteiger partial charge in [0, 0.05) is 6.54 Å². The van der Waals surface area contributed by atoms with E-state index in [1.54, 1.807) is 6.07 Å². The van der Waals surface area contributed by atoms with Crippen LogP contribution in [0.15, 0.2) is 48.5 Å². The second-order valence-electron chi connectivity index (χ2n) is 9.00. The Morgan fingerprint density at radius 3 is 2.72 bits per heavy atom. The topological polar surface area (TPSA) is 106 Å². The van der Waals surface area contributed by atoms with Gasteiger partial charge in [-0.2, -0.15) is 0 Å². The molecule has 7 nitrogen and oxygen atoms in total. The number of aromatic nitrogens is 1. The highest BCUT2D eigenvalue weighted by molar-refractivity contribution is 7.89. The third-order valence-electron chi connectivity index (χ3n) is 6.30. The highest BCUT2D eigenvalue weighted by Crippen LogP contribution is 2.36. The predicted molar refractivity (Wildman–Crippen MR) is 142 cm³/mol. The first kappa shape index (κ1) is 26.6. The number of benzene rings is 1. The van der Waals surface area contributed by atoms with Crippen LogP contribution < -0.4 is 9.46 Å². The maximum Gasteiger partial charge on any atom is 0.306 e. The molecule has 3 aromatic rings. The van der Waals surface area contributed by atoms with Crippen LogP contribution in [0.3, 0.4) is 0 Å². The number of pyridine rings is 1. The molecule has 0 unspecified atom stereocenters. The Kier molecular flexibility index (Phi) is 8.66. The van der Waals surface area contributed by atoms with Gasteiger partial charge < -0.3 is 9.84 Å². The number of nitrogens with zero attached hydrogens (tertiary/aromatic N) is 1. The summed E-state index contributed by atoms with van der Waals surface area (Å²) in [6.45, 7) is 1.96. The van der Waals surface area contributed by atoms with E-state index in [1.807, 2.05) is 49.4 Å². The lowest BCUT2D eigenvalue weighted by Gasteiger charge is -2.27. The molecular weight excluding hydrogens is 520 g/mol. The van der Waals surface area contributed by atoms with Crippen LogP contribution in [-0.2, 0) is 27.8 Å². The van der Waals surface area contributed by atoms with E-state index in [0.29, 0.717) is 40.7 Å². The fraction of sp³-hybridized carbons (Fsp3) is 0.385. The summed E-state index contributed by atoms with van der Waals surface area (Å²) in [6.07, 6.45) is 3.10. The molecule has 192 valence electrons. The second kappa shape index (κ2) is 11.7. The highest BCUT2D eigenvalue weighted by atomic mass is 35.5. The van der Waals surface area contributed by atoms with Crippen molar-refractivity contribution >= 4 is 38.9 Å². The van der Waals surface area contributed by atoms with Crippen LogP contribution in [0.2, 0.25) is 4.34 Å². The number of halogens is 1.